The summed E-state index contributed by atoms with van der Waals surface area (Å²) in [4.78, 5) is 12.9. The molecule has 0 fully saturated rings. The SMILES string of the molecule is O=C(Nc1cccc(Br)c1)c1nn(-c2ccc(F)cc2)cc1OCc1ccc(F)cc1. The highest BCUT2D eigenvalue weighted by Gasteiger charge is 2.20. The molecule has 1 heterocycles. The minimum atomic E-state index is -0.465. The van der Waals surface area contributed by atoms with Gasteiger partial charge in [0.15, 0.2) is 11.4 Å². The Morgan fingerprint density at radius 2 is 1.68 bits per heavy atom. The Morgan fingerprint density at radius 3 is 2.35 bits per heavy atom. The molecule has 0 saturated heterocycles. The first-order valence-electron chi connectivity index (χ1n) is 9.28. The lowest BCUT2D eigenvalue weighted by Crippen LogP contribution is -2.14. The van der Waals surface area contributed by atoms with Crippen LogP contribution in [0.25, 0.3) is 5.69 Å². The Bertz CT molecular complexity index is 1210. The highest BCUT2D eigenvalue weighted by molar-refractivity contribution is 9.10. The standard InChI is InChI=1S/C23H16BrF2N3O2/c24-16-2-1-3-19(12-16)27-23(30)22-21(31-14-15-4-6-17(25)7-5-15)13-29(28-22)20-10-8-18(26)9-11-20/h1-13H,14H2,(H,27,30). The Balaban J connectivity index is 1.62. The first kappa shape index (κ1) is 20.7. The minimum absolute atomic E-state index is 0.0615. The number of carbonyl (C=O) groups is 1. The van der Waals surface area contributed by atoms with Gasteiger partial charge < -0.3 is 10.1 Å². The van der Waals surface area contributed by atoms with E-state index >= 15 is 0 Å². The summed E-state index contributed by atoms with van der Waals surface area (Å²) in [6.45, 7) is 0.118. The number of rotatable bonds is 6. The molecule has 1 amide bonds. The zero-order valence-electron chi connectivity index (χ0n) is 16.1. The van der Waals surface area contributed by atoms with Crippen molar-refractivity contribution in [3.63, 3.8) is 0 Å². The molecule has 1 N–H and O–H groups in total. The summed E-state index contributed by atoms with van der Waals surface area (Å²) in [6, 6.07) is 18.7. The van der Waals surface area contributed by atoms with Gasteiger partial charge in [-0.15, -0.1) is 0 Å². The molecule has 0 bridgehead atoms. The number of hydrogen-bond donors (Lipinski definition) is 1. The Kier molecular flexibility index (Phi) is 6.08. The van der Waals surface area contributed by atoms with Crippen LogP contribution in [0.5, 0.6) is 5.75 Å². The third kappa shape index (κ3) is 5.16. The summed E-state index contributed by atoms with van der Waals surface area (Å²) < 4.78 is 34.5. The quantitative estimate of drug-likeness (QED) is 0.380. The van der Waals surface area contributed by atoms with Crippen molar-refractivity contribution in [3.05, 3.63) is 106 Å². The van der Waals surface area contributed by atoms with Crippen LogP contribution in [0.2, 0.25) is 0 Å². The molecule has 1 aromatic heterocycles. The van der Waals surface area contributed by atoms with Gasteiger partial charge in [0.25, 0.3) is 5.91 Å². The molecular formula is C23H16BrF2N3O2. The first-order chi connectivity index (χ1) is 15.0. The summed E-state index contributed by atoms with van der Waals surface area (Å²) in [5.41, 5.74) is 1.94. The van der Waals surface area contributed by atoms with Crippen molar-refractivity contribution in [2.75, 3.05) is 5.32 Å². The summed E-state index contributed by atoms with van der Waals surface area (Å²) in [5.74, 6) is -0.951. The topological polar surface area (TPSA) is 56.2 Å². The molecule has 31 heavy (non-hydrogen) atoms. The lowest BCUT2D eigenvalue weighted by molar-refractivity contribution is 0.101. The van der Waals surface area contributed by atoms with Gasteiger partial charge in [0.2, 0.25) is 0 Å². The number of hydrogen-bond acceptors (Lipinski definition) is 3. The van der Waals surface area contributed by atoms with Crippen molar-refractivity contribution in [1.29, 1.82) is 0 Å². The van der Waals surface area contributed by atoms with Gasteiger partial charge in [-0.3, -0.25) is 4.79 Å². The maximum Gasteiger partial charge on any atom is 0.280 e. The maximum absolute atomic E-state index is 13.3. The van der Waals surface area contributed by atoms with Crippen LogP contribution < -0.4 is 10.1 Å². The lowest BCUT2D eigenvalue weighted by atomic mass is 10.2. The van der Waals surface area contributed by atoms with Crippen molar-refractivity contribution < 1.29 is 18.3 Å². The van der Waals surface area contributed by atoms with Crippen molar-refractivity contribution in [2.24, 2.45) is 0 Å². The van der Waals surface area contributed by atoms with Gasteiger partial charge in [-0.25, -0.2) is 13.5 Å². The molecule has 4 aromatic rings. The van der Waals surface area contributed by atoms with Crippen LogP contribution in [0.4, 0.5) is 14.5 Å². The van der Waals surface area contributed by atoms with E-state index in [0.29, 0.717) is 11.4 Å². The summed E-state index contributed by atoms with van der Waals surface area (Å²) >= 11 is 3.37. The van der Waals surface area contributed by atoms with E-state index < -0.39 is 5.91 Å². The van der Waals surface area contributed by atoms with Gasteiger partial charge in [0, 0.05) is 10.2 Å². The molecule has 0 atom stereocenters. The van der Waals surface area contributed by atoms with E-state index in [1.807, 2.05) is 6.07 Å². The highest BCUT2D eigenvalue weighted by Crippen LogP contribution is 2.24. The van der Waals surface area contributed by atoms with Gasteiger partial charge in [-0.2, -0.15) is 5.10 Å². The van der Waals surface area contributed by atoms with E-state index in [0.717, 1.165) is 10.0 Å². The molecule has 0 radical (unpaired) electrons. The lowest BCUT2D eigenvalue weighted by Gasteiger charge is -2.07. The van der Waals surface area contributed by atoms with E-state index in [2.05, 4.69) is 26.3 Å². The third-order valence-electron chi connectivity index (χ3n) is 4.38. The third-order valence-corrected chi connectivity index (χ3v) is 4.87. The number of nitrogens with zero attached hydrogens (tertiary/aromatic N) is 2. The Labute approximate surface area is 185 Å². The van der Waals surface area contributed by atoms with Crippen molar-refractivity contribution in [3.8, 4) is 11.4 Å². The van der Waals surface area contributed by atoms with Gasteiger partial charge in [-0.1, -0.05) is 34.1 Å². The molecule has 0 aliphatic heterocycles. The molecule has 0 saturated carbocycles. The normalized spacial score (nSPS) is 10.7. The molecule has 4 rings (SSSR count). The number of benzene rings is 3. The molecule has 0 unspecified atom stereocenters. The highest BCUT2D eigenvalue weighted by atomic mass is 79.9. The van der Waals surface area contributed by atoms with Crippen molar-refractivity contribution in [2.45, 2.75) is 6.61 Å². The van der Waals surface area contributed by atoms with E-state index in [1.165, 1.54) is 28.9 Å². The number of amides is 1. The number of carbonyl (C=O) groups excluding carboxylic acids is 1. The summed E-state index contributed by atoms with van der Waals surface area (Å²) in [6.07, 6.45) is 1.55. The van der Waals surface area contributed by atoms with Gasteiger partial charge in [-0.05, 0) is 60.2 Å². The number of aromatic nitrogens is 2. The molecule has 8 heteroatoms. The number of halogens is 3. The zero-order chi connectivity index (χ0) is 21.8. The van der Waals surface area contributed by atoms with Gasteiger partial charge in [0.05, 0.1) is 11.9 Å². The Morgan fingerprint density at radius 1 is 1.00 bits per heavy atom. The average molecular weight is 484 g/mol. The van der Waals surface area contributed by atoms with E-state index in [4.69, 9.17) is 4.74 Å². The minimum Gasteiger partial charge on any atom is -0.485 e. The molecule has 0 spiro atoms. The summed E-state index contributed by atoms with van der Waals surface area (Å²) in [5, 5.41) is 7.13. The van der Waals surface area contributed by atoms with E-state index in [-0.39, 0.29) is 29.7 Å². The van der Waals surface area contributed by atoms with Crippen LogP contribution in [0, 0.1) is 11.6 Å². The Hall–Kier alpha value is -3.52. The fraction of sp³-hybridized carbons (Fsp3) is 0.0435. The predicted molar refractivity (Wildman–Crippen MR) is 116 cm³/mol. The molecule has 5 nitrogen and oxygen atoms in total. The maximum atomic E-state index is 13.3. The molecule has 156 valence electrons. The van der Waals surface area contributed by atoms with E-state index in [1.54, 1.807) is 48.7 Å². The zero-order valence-corrected chi connectivity index (χ0v) is 17.6. The monoisotopic (exact) mass is 483 g/mol. The predicted octanol–water partition coefficient (Wildman–Crippen LogP) is 5.74. The van der Waals surface area contributed by atoms with Crippen LogP contribution in [-0.4, -0.2) is 15.7 Å². The first-order valence-corrected chi connectivity index (χ1v) is 10.1. The average Bonchev–Trinajstić information content (AvgIpc) is 3.18. The molecule has 0 aliphatic rings. The number of ether oxygens (including phenoxy) is 1. The second kappa shape index (κ2) is 9.09. The second-order valence-corrected chi connectivity index (χ2v) is 7.56. The van der Waals surface area contributed by atoms with Crippen LogP contribution in [0.3, 0.4) is 0 Å². The van der Waals surface area contributed by atoms with E-state index in [9.17, 15) is 13.6 Å². The molecular weight excluding hydrogens is 468 g/mol. The number of anilines is 1. The van der Waals surface area contributed by atoms with Gasteiger partial charge in [0.1, 0.15) is 18.2 Å². The fourth-order valence-corrected chi connectivity index (χ4v) is 3.24. The largest absolute Gasteiger partial charge is 0.485 e. The van der Waals surface area contributed by atoms with Gasteiger partial charge >= 0.3 is 0 Å². The smallest absolute Gasteiger partial charge is 0.280 e. The van der Waals surface area contributed by atoms with Crippen LogP contribution in [0.15, 0.2) is 83.5 Å². The van der Waals surface area contributed by atoms with Crippen molar-refractivity contribution >= 4 is 27.5 Å². The molecule has 3 aromatic carbocycles. The van der Waals surface area contributed by atoms with Crippen LogP contribution in [0.1, 0.15) is 16.1 Å². The summed E-state index contributed by atoms with van der Waals surface area (Å²) in [7, 11) is 0. The fourth-order valence-electron chi connectivity index (χ4n) is 2.85. The number of nitrogens with one attached hydrogen (secondary N) is 1. The second-order valence-electron chi connectivity index (χ2n) is 6.64. The van der Waals surface area contributed by atoms with Crippen LogP contribution in [-0.2, 0) is 6.61 Å². The van der Waals surface area contributed by atoms with Crippen molar-refractivity contribution in [1.82, 2.24) is 9.78 Å². The molecule has 0 aliphatic carbocycles. The van der Waals surface area contributed by atoms with Crippen LogP contribution >= 0.6 is 15.9 Å².